The summed E-state index contributed by atoms with van der Waals surface area (Å²) in [6.07, 6.45) is 0.733. The third-order valence-corrected chi connectivity index (χ3v) is 6.73. The maximum Gasteiger partial charge on any atom is 0.309 e. The van der Waals surface area contributed by atoms with E-state index in [9.17, 15) is 17.6 Å². The average molecular weight is 407 g/mol. The minimum atomic E-state index is -3.62. The van der Waals surface area contributed by atoms with Crippen molar-refractivity contribution in [3.63, 3.8) is 0 Å². The third kappa shape index (κ3) is 4.51. The molecule has 0 aromatic heterocycles. The van der Waals surface area contributed by atoms with Gasteiger partial charge in [0.1, 0.15) is 18.2 Å². The lowest BCUT2D eigenvalue weighted by atomic mass is 9.98. The molecule has 1 fully saturated rings. The predicted octanol–water partition coefficient (Wildman–Crippen LogP) is 2.98. The topological polar surface area (TPSA) is 72.9 Å². The number of sulfonamides is 1. The molecule has 2 aromatic rings. The standard InChI is InChI=1S/C20H22FNO5S/c1-26-17-6-8-18(9-7-17)28(24,25)22-12-10-15(11-13-22)20(23)27-14-16-4-2-3-5-19(16)21/h2-9,15H,10-14H2,1H3. The highest BCUT2D eigenvalue weighted by atomic mass is 32.2. The van der Waals surface area contributed by atoms with Crippen LogP contribution >= 0.6 is 0 Å². The van der Waals surface area contributed by atoms with E-state index < -0.39 is 27.7 Å². The van der Waals surface area contributed by atoms with Crippen LogP contribution < -0.4 is 4.74 Å². The Morgan fingerprint density at radius 3 is 2.36 bits per heavy atom. The average Bonchev–Trinajstić information content (AvgIpc) is 2.73. The van der Waals surface area contributed by atoms with E-state index in [0.29, 0.717) is 24.2 Å². The Balaban J connectivity index is 1.55. The van der Waals surface area contributed by atoms with Gasteiger partial charge in [-0.3, -0.25) is 4.79 Å². The first kappa shape index (κ1) is 20.3. The van der Waals surface area contributed by atoms with Crippen molar-refractivity contribution in [3.05, 3.63) is 59.9 Å². The van der Waals surface area contributed by atoms with E-state index in [1.807, 2.05) is 0 Å². The first-order valence-electron chi connectivity index (χ1n) is 8.96. The first-order chi connectivity index (χ1) is 13.4. The van der Waals surface area contributed by atoms with Crippen LogP contribution in [0, 0.1) is 11.7 Å². The molecule has 6 nitrogen and oxygen atoms in total. The Morgan fingerprint density at radius 2 is 1.75 bits per heavy atom. The number of carbonyl (C=O) groups excluding carboxylic acids is 1. The van der Waals surface area contributed by atoms with Gasteiger partial charge in [0.2, 0.25) is 10.0 Å². The van der Waals surface area contributed by atoms with Crippen LogP contribution in [-0.2, 0) is 26.2 Å². The minimum Gasteiger partial charge on any atom is -0.497 e. The molecule has 0 unspecified atom stereocenters. The largest absolute Gasteiger partial charge is 0.497 e. The van der Waals surface area contributed by atoms with Crippen LogP contribution in [0.5, 0.6) is 5.75 Å². The summed E-state index contributed by atoms with van der Waals surface area (Å²) in [5.41, 5.74) is 0.315. The third-order valence-electron chi connectivity index (χ3n) is 4.81. The second-order valence-electron chi connectivity index (χ2n) is 6.55. The molecule has 3 rings (SSSR count). The molecule has 0 aliphatic carbocycles. The summed E-state index contributed by atoms with van der Waals surface area (Å²) in [5, 5.41) is 0. The van der Waals surface area contributed by atoms with Crippen LogP contribution in [0.15, 0.2) is 53.4 Å². The fourth-order valence-electron chi connectivity index (χ4n) is 3.11. The predicted molar refractivity (Wildman–Crippen MR) is 101 cm³/mol. The van der Waals surface area contributed by atoms with Crippen LogP contribution in [0.1, 0.15) is 18.4 Å². The van der Waals surface area contributed by atoms with Gasteiger partial charge in [-0.2, -0.15) is 4.31 Å². The Bertz CT molecular complexity index is 922. The van der Waals surface area contributed by atoms with Crippen molar-refractivity contribution >= 4 is 16.0 Å². The van der Waals surface area contributed by atoms with Gasteiger partial charge in [0.25, 0.3) is 0 Å². The molecule has 1 saturated heterocycles. The number of rotatable bonds is 6. The summed E-state index contributed by atoms with van der Waals surface area (Å²) in [7, 11) is -2.11. The van der Waals surface area contributed by atoms with Crippen molar-refractivity contribution in [2.75, 3.05) is 20.2 Å². The first-order valence-corrected chi connectivity index (χ1v) is 10.4. The second kappa shape index (κ2) is 8.70. The highest BCUT2D eigenvalue weighted by Gasteiger charge is 2.32. The molecule has 0 saturated carbocycles. The lowest BCUT2D eigenvalue weighted by Crippen LogP contribution is -2.40. The molecule has 0 bridgehead atoms. The zero-order chi connectivity index (χ0) is 20.1. The van der Waals surface area contributed by atoms with Gasteiger partial charge in [0, 0.05) is 18.7 Å². The molecule has 28 heavy (non-hydrogen) atoms. The van der Waals surface area contributed by atoms with Gasteiger partial charge in [0.05, 0.1) is 17.9 Å². The van der Waals surface area contributed by atoms with Gasteiger partial charge in [-0.15, -0.1) is 0 Å². The molecule has 1 aliphatic rings. The van der Waals surface area contributed by atoms with Crippen molar-refractivity contribution in [2.45, 2.75) is 24.3 Å². The quantitative estimate of drug-likeness (QED) is 0.689. The number of piperidine rings is 1. The molecule has 2 aromatic carbocycles. The fraction of sp³-hybridized carbons (Fsp3) is 0.350. The van der Waals surface area contributed by atoms with Crippen molar-refractivity contribution < 1.29 is 27.1 Å². The van der Waals surface area contributed by atoms with Crippen LogP contribution in [0.3, 0.4) is 0 Å². The van der Waals surface area contributed by atoms with E-state index in [-0.39, 0.29) is 24.6 Å². The Morgan fingerprint density at radius 1 is 1.11 bits per heavy atom. The highest BCUT2D eigenvalue weighted by Crippen LogP contribution is 2.26. The van der Waals surface area contributed by atoms with Gasteiger partial charge >= 0.3 is 5.97 Å². The summed E-state index contributed by atoms with van der Waals surface area (Å²) in [6, 6.07) is 12.3. The number of hydrogen-bond acceptors (Lipinski definition) is 5. The number of methoxy groups -OCH3 is 1. The molecule has 1 aliphatic heterocycles. The van der Waals surface area contributed by atoms with Gasteiger partial charge in [-0.05, 0) is 43.2 Å². The summed E-state index contributed by atoms with van der Waals surface area (Å²) in [6.45, 7) is 0.331. The summed E-state index contributed by atoms with van der Waals surface area (Å²) in [4.78, 5) is 12.4. The van der Waals surface area contributed by atoms with E-state index >= 15 is 0 Å². The maximum absolute atomic E-state index is 13.6. The van der Waals surface area contributed by atoms with Gasteiger partial charge in [-0.1, -0.05) is 18.2 Å². The molecule has 8 heteroatoms. The minimum absolute atomic E-state index is 0.129. The lowest BCUT2D eigenvalue weighted by Gasteiger charge is -2.30. The number of esters is 1. The molecule has 0 spiro atoms. The Labute approximate surface area is 163 Å². The van der Waals surface area contributed by atoms with E-state index in [1.165, 1.54) is 29.6 Å². The summed E-state index contributed by atoms with van der Waals surface area (Å²) >= 11 is 0. The van der Waals surface area contributed by atoms with Gasteiger partial charge < -0.3 is 9.47 Å². The molecule has 0 amide bonds. The maximum atomic E-state index is 13.6. The number of nitrogens with zero attached hydrogens (tertiary/aromatic N) is 1. The van der Waals surface area contributed by atoms with Crippen molar-refractivity contribution in [1.29, 1.82) is 0 Å². The molecular weight excluding hydrogens is 385 g/mol. The zero-order valence-corrected chi connectivity index (χ0v) is 16.3. The summed E-state index contributed by atoms with van der Waals surface area (Å²) < 4.78 is 50.7. The normalized spacial score (nSPS) is 15.9. The van der Waals surface area contributed by atoms with Crippen LogP contribution in [0.4, 0.5) is 4.39 Å². The Kier molecular flexibility index (Phi) is 6.31. The molecule has 1 heterocycles. The van der Waals surface area contributed by atoms with Crippen molar-refractivity contribution in [1.82, 2.24) is 4.31 Å². The fourth-order valence-corrected chi connectivity index (χ4v) is 4.58. The van der Waals surface area contributed by atoms with Crippen LogP contribution in [0.25, 0.3) is 0 Å². The molecule has 0 N–H and O–H groups in total. The molecule has 0 radical (unpaired) electrons. The second-order valence-corrected chi connectivity index (χ2v) is 8.49. The van der Waals surface area contributed by atoms with E-state index in [1.54, 1.807) is 30.3 Å². The smallest absolute Gasteiger partial charge is 0.309 e. The van der Waals surface area contributed by atoms with E-state index in [4.69, 9.17) is 9.47 Å². The van der Waals surface area contributed by atoms with Crippen molar-refractivity contribution in [2.24, 2.45) is 5.92 Å². The zero-order valence-electron chi connectivity index (χ0n) is 15.5. The van der Waals surface area contributed by atoms with Gasteiger partial charge in [0.15, 0.2) is 0 Å². The number of carbonyl (C=O) groups is 1. The lowest BCUT2D eigenvalue weighted by molar-refractivity contribution is -0.151. The number of halogens is 1. The molecule has 0 atom stereocenters. The SMILES string of the molecule is COc1ccc(S(=O)(=O)N2CCC(C(=O)OCc3ccccc3F)CC2)cc1. The van der Waals surface area contributed by atoms with Crippen LogP contribution in [0.2, 0.25) is 0 Å². The number of hydrogen-bond donors (Lipinski definition) is 0. The van der Waals surface area contributed by atoms with E-state index in [2.05, 4.69) is 0 Å². The number of benzene rings is 2. The number of ether oxygens (including phenoxy) is 2. The molecule has 150 valence electrons. The summed E-state index contributed by atoms with van der Waals surface area (Å²) in [5.74, 6) is -0.662. The van der Waals surface area contributed by atoms with Gasteiger partial charge in [-0.25, -0.2) is 12.8 Å². The monoisotopic (exact) mass is 407 g/mol. The highest BCUT2D eigenvalue weighted by molar-refractivity contribution is 7.89. The van der Waals surface area contributed by atoms with Crippen LogP contribution in [-0.4, -0.2) is 38.9 Å². The molecular formula is C20H22FNO5S. The van der Waals surface area contributed by atoms with E-state index in [0.717, 1.165) is 0 Å². The Hall–Kier alpha value is -2.45. The van der Waals surface area contributed by atoms with Crippen molar-refractivity contribution in [3.8, 4) is 5.75 Å².